The first-order chi connectivity index (χ1) is 7.09. The van der Waals surface area contributed by atoms with E-state index in [0.717, 1.165) is 0 Å². The Kier molecular flexibility index (Phi) is 2.38. The van der Waals surface area contributed by atoms with E-state index in [4.69, 9.17) is 0 Å². The summed E-state index contributed by atoms with van der Waals surface area (Å²) in [6, 6.07) is 0.444. The highest BCUT2D eigenvalue weighted by Gasteiger charge is 2.22. The minimum Gasteiger partial charge on any atom is -0.323 e. The van der Waals surface area contributed by atoms with Gasteiger partial charge < -0.3 is 5.32 Å². The third-order valence-electron chi connectivity index (χ3n) is 2.36. The summed E-state index contributed by atoms with van der Waals surface area (Å²) in [5.41, 5.74) is -0.310. The zero-order valence-electron chi connectivity index (χ0n) is 7.74. The van der Waals surface area contributed by atoms with Gasteiger partial charge in [0, 0.05) is 18.1 Å². The number of benzene rings is 1. The summed E-state index contributed by atoms with van der Waals surface area (Å²) in [7, 11) is 0. The molecule has 0 spiro atoms. The van der Waals surface area contributed by atoms with Crippen molar-refractivity contribution in [3.8, 4) is 0 Å². The summed E-state index contributed by atoms with van der Waals surface area (Å²) in [5, 5.41) is 2.24. The van der Waals surface area contributed by atoms with E-state index in [0.29, 0.717) is 12.5 Å². The van der Waals surface area contributed by atoms with E-state index in [1.807, 2.05) is 0 Å². The summed E-state index contributed by atoms with van der Waals surface area (Å²) in [6.45, 7) is 0. The average Bonchev–Trinajstić information content (AvgIpc) is 2.37. The molecule has 0 bridgehead atoms. The SMILES string of the molecule is O=C1CCCc2c(F)c(F)cc(F)c2N1. The first-order valence-electron chi connectivity index (χ1n) is 4.56. The zero-order chi connectivity index (χ0) is 11.0. The first-order valence-corrected chi connectivity index (χ1v) is 4.56. The predicted molar refractivity (Wildman–Crippen MR) is 47.9 cm³/mol. The molecule has 15 heavy (non-hydrogen) atoms. The van der Waals surface area contributed by atoms with Crippen LogP contribution >= 0.6 is 0 Å². The first kappa shape index (κ1) is 10.0. The van der Waals surface area contributed by atoms with E-state index in [-0.39, 0.29) is 30.0 Å². The van der Waals surface area contributed by atoms with Crippen LogP contribution in [0.4, 0.5) is 18.9 Å². The van der Waals surface area contributed by atoms with Crippen molar-refractivity contribution in [2.75, 3.05) is 5.32 Å². The Bertz CT molecular complexity index is 431. The average molecular weight is 215 g/mol. The topological polar surface area (TPSA) is 29.1 Å². The highest BCUT2D eigenvalue weighted by molar-refractivity contribution is 5.92. The summed E-state index contributed by atoms with van der Waals surface area (Å²) in [4.78, 5) is 11.1. The number of nitrogens with one attached hydrogen (secondary N) is 1. The molecule has 0 aliphatic carbocycles. The molecular weight excluding hydrogens is 207 g/mol. The Morgan fingerprint density at radius 1 is 1.13 bits per heavy atom. The van der Waals surface area contributed by atoms with E-state index in [1.165, 1.54) is 0 Å². The van der Waals surface area contributed by atoms with Gasteiger partial charge in [-0.1, -0.05) is 0 Å². The molecule has 0 saturated carbocycles. The molecule has 1 aliphatic rings. The number of anilines is 1. The van der Waals surface area contributed by atoms with Crippen LogP contribution in [0.2, 0.25) is 0 Å². The van der Waals surface area contributed by atoms with Crippen LogP contribution in [0.1, 0.15) is 18.4 Å². The fourth-order valence-electron chi connectivity index (χ4n) is 1.64. The van der Waals surface area contributed by atoms with Crippen molar-refractivity contribution in [2.24, 2.45) is 0 Å². The Hall–Kier alpha value is -1.52. The second kappa shape index (κ2) is 3.56. The maximum Gasteiger partial charge on any atom is 0.224 e. The number of fused-ring (bicyclic) bond motifs is 1. The Morgan fingerprint density at radius 3 is 2.60 bits per heavy atom. The maximum absolute atomic E-state index is 13.3. The van der Waals surface area contributed by atoms with E-state index in [1.54, 1.807) is 0 Å². The molecule has 0 atom stereocenters. The molecule has 0 saturated heterocycles. The standard InChI is InChI=1S/C10H8F3NO/c11-6-4-7(12)10-5(9(6)13)2-1-3-8(15)14-10/h4H,1-3H2,(H,14,15). The fourth-order valence-corrected chi connectivity index (χ4v) is 1.64. The quantitative estimate of drug-likeness (QED) is 0.661. The molecule has 2 nitrogen and oxygen atoms in total. The molecular formula is C10H8F3NO. The van der Waals surface area contributed by atoms with Crippen molar-refractivity contribution in [1.29, 1.82) is 0 Å². The number of carbonyl (C=O) groups is 1. The molecule has 1 aromatic carbocycles. The summed E-state index contributed by atoms with van der Waals surface area (Å²) in [6.07, 6.45) is 0.739. The summed E-state index contributed by atoms with van der Waals surface area (Å²) in [5.74, 6) is -3.60. The summed E-state index contributed by atoms with van der Waals surface area (Å²) < 4.78 is 39.4. The maximum atomic E-state index is 13.3. The Morgan fingerprint density at radius 2 is 1.87 bits per heavy atom. The molecule has 1 aromatic rings. The number of rotatable bonds is 0. The van der Waals surface area contributed by atoms with Gasteiger partial charge in [0.15, 0.2) is 11.6 Å². The number of hydrogen-bond donors (Lipinski definition) is 1. The lowest BCUT2D eigenvalue weighted by Crippen LogP contribution is -2.11. The second-order valence-electron chi connectivity index (χ2n) is 3.41. The molecule has 1 amide bonds. The molecule has 0 unspecified atom stereocenters. The molecule has 5 heteroatoms. The van der Waals surface area contributed by atoms with E-state index in [9.17, 15) is 18.0 Å². The van der Waals surface area contributed by atoms with E-state index < -0.39 is 17.5 Å². The van der Waals surface area contributed by atoms with Crippen LogP contribution < -0.4 is 5.32 Å². The van der Waals surface area contributed by atoms with E-state index in [2.05, 4.69) is 5.32 Å². The Balaban J connectivity index is 2.60. The van der Waals surface area contributed by atoms with Gasteiger partial charge in [-0.25, -0.2) is 13.2 Å². The van der Waals surface area contributed by atoms with Crippen LogP contribution in [-0.2, 0) is 11.2 Å². The highest BCUT2D eigenvalue weighted by Crippen LogP contribution is 2.29. The van der Waals surface area contributed by atoms with Gasteiger partial charge in [0.1, 0.15) is 5.82 Å². The molecule has 2 rings (SSSR count). The molecule has 0 fully saturated rings. The summed E-state index contributed by atoms with van der Waals surface area (Å²) >= 11 is 0. The van der Waals surface area contributed by atoms with Gasteiger partial charge in [0.05, 0.1) is 5.69 Å². The van der Waals surface area contributed by atoms with Crippen LogP contribution in [0.5, 0.6) is 0 Å². The monoisotopic (exact) mass is 215 g/mol. The normalized spacial score (nSPS) is 15.5. The zero-order valence-corrected chi connectivity index (χ0v) is 7.74. The minimum absolute atomic E-state index is 0.0849. The van der Waals surface area contributed by atoms with Gasteiger partial charge in [-0.15, -0.1) is 0 Å². The van der Waals surface area contributed by atoms with Gasteiger partial charge in [-0.3, -0.25) is 4.79 Å². The van der Waals surface area contributed by atoms with Gasteiger partial charge >= 0.3 is 0 Å². The van der Waals surface area contributed by atoms with Crippen molar-refractivity contribution in [3.05, 3.63) is 29.1 Å². The van der Waals surface area contributed by atoms with Crippen molar-refractivity contribution in [3.63, 3.8) is 0 Å². The largest absolute Gasteiger partial charge is 0.323 e. The van der Waals surface area contributed by atoms with Crippen LogP contribution in [0.3, 0.4) is 0 Å². The lowest BCUT2D eigenvalue weighted by atomic mass is 10.1. The van der Waals surface area contributed by atoms with Crippen LogP contribution in [0.25, 0.3) is 0 Å². The van der Waals surface area contributed by atoms with Crippen molar-refractivity contribution < 1.29 is 18.0 Å². The van der Waals surface area contributed by atoms with Gasteiger partial charge in [-0.05, 0) is 12.8 Å². The number of hydrogen-bond acceptors (Lipinski definition) is 1. The van der Waals surface area contributed by atoms with Crippen LogP contribution in [-0.4, -0.2) is 5.91 Å². The fraction of sp³-hybridized carbons (Fsp3) is 0.300. The predicted octanol–water partition coefficient (Wildman–Crippen LogP) is 2.38. The molecule has 80 valence electrons. The van der Waals surface area contributed by atoms with Crippen LogP contribution in [0.15, 0.2) is 6.07 Å². The lowest BCUT2D eigenvalue weighted by molar-refractivity contribution is -0.116. The van der Waals surface area contributed by atoms with Gasteiger partial charge in [0.25, 0.3) is 0 Å². The molecule has 0 aromatic heterocycles. The number of amides is 1. The highest BCUT2D eigenvalue weighted by atomic mass is 19.2. The molecule has 1 aliphatic heterocycles. The molecule has 1 N–H and O–H groups in total. The van der Waals surface area contributed by atoms with Crippen molar-refractivity contribution in [1.82, 2.24) is 0 Å². The van der Waals surface area contributed by atoms with E-state index >= 15 is 0 Å². The second-order valence-corrected chi connectivity index (χ2v) is 3.41. The molecule has 1 heterocycles. The van der Waals surface area contributed by atoms with Gasteiger partial charge in [0.2, 0.25) is 5.91 Å². The lowest BCUT2D eigenvalue weighted by Gasteiger charge is -2.09. The smallest absolute Gasteiger partial charge is 0.224 e. The van der Waals surface area contributed by atoms with Crippen LogP contribution in [0, 0.1) is 17.5 Å². The van der Waals surface area contributed by atoms with Gasteiger partial charge in [-0.2, -0.15) is 0 Å². The van der Waals surface area contributed by atoms with Crippen molar-refractivity contribution >= 4 is 11.6 Å². The number of halogens is 3. The number of carbonyl (C=O) groups excluding carboxylic acids is 1. The minimum atomic E-state index is -1.22. The molecule has 0 radical (unpaired) electrons. The third-order valence-corrected chi connectivity index (χ3v) is 2.36. The third kappa shape index (κ3) is 1.69. The van der Waals surface area contributed by atoms with Crippen molar-refractivity contribution in [2.45, 2.75) is 19.3 Å². The Labute approximate surface area is 84.1 Å².